The predicted octanol–water partition coefficient (Wildman–Crippen LogP) is 3.60. The summed E-state index contributed by atoms with van der Waals surface area (Å²) < 4.78 is 15.7. The maximum atomic E-state index is 12.2. The van der Waals surface area contributed by atoms with Crippen LogP contribution in [0, 0.1) is 25.4 Å². The van der Waals surface area contributed by atoms with Gasteiger partial charge in [-0.15, -0.1) is 0 Å². The summed E-state index contributed by atoms with van der Waals surface area (Å²) in [5, 5.41) is 0. The molecule has 1 aliphatic rings. The van der Waals surface area contributed by atoms with Crippen molar-refractivity contribution in [2.45, 2.75) is 25.7 Å². The largest absolute Gasteiger partial charge is 0.493 e. The van der Waals surface area contributed by atoms with Gasteiger partial charge in [0.25, 0.3) is 0 Å². The number of hydrogen-bond acceptors (Lipinski definition) is 6. The molecule has 0 spiro atoms. The quantitative estimate of drug-likeness (QED) is 0.560. The zero-order valence-corrected chi connectivity index (χ0v) is 14.4. The molecule has 0 N–H and O–H groups in total. The molecule has 1 aromatic carbocycles. The molecule has 1 aliphatic carbocycles. The maximum absolute atomic E-state index is 12.2. The van der Waals surface area contributed by atoms with E-state index in [1.54, 1.807) is 18.7 Å². The summed E-state index contributed by atoms with van der Waals surface area (Å²) in [6.07, 6.45) is 4.10. The second kappa shape index (κ2) is 8.78. The van der Waals surface area contributed by atoms with E-state index in [4.69, 9.17) is 24.0 Å². The third-order valence-electron chi connectivity index (χ3n) is 4.19. The van der Waals surface area contributed by atoms with Crippen molar-refractivity contribution in [3.63, 3.8) is 0 Å². The molecule has 132 valence electrons. The zero-order chi connectivity index (χ0) is 17.5. The van der Waals surface area contributed by atoms with Crippen LogP contribution in [0.1, 0.15) is 36.0 Å². The SMILES string of the molecule is [CH2]C1CCC([CH]OOC(=O)c2ccc(OC)c(OC)c2OC)CC1. The summed E-state index contributed by atoms with van der Waals surface area (Å²) in [6.45, 7) is 5.63. The summed E-state index contributed by atoms with van der Waals surface area (Å²) in [4.78, 5) is 22.2. The number of rotatable bonds is 7. The smallest absolute Gasteiger partial charge is 0.376 e. The minimum Gasteiger partial charge on any atom is -0.493 e. The number of ether oxygens (including phenoxy) is 3. The van der Waals surface area contributed by atoms with E-state index in [0.29, 0.717) is 17.4 Å². The molecule has 6 heteroatoms. The zero-order valence-electron chi connectivity index (χ0n) is 14.4. The molecule has 0 amide bonds. The van der Waals surface area contributed by atoms with Crippen LogP contribution in [0.25, 0.3) is 0 Å². The fourth-order valence-electron chi connectivity index (χ4n) is 2.78. The molecule has 0 aliphatic heterocycles. The topological polar surface area (TPSA) is 63.2 Å². The van der Waals surface area contributed by atoms with Gasteiger partial charge in [0.2, 0.25) is 5.75 Å². The van der Waals surface area contributed by atoms with Gasteiger partial charge in [0.05, 0.1) is 21.3 Å². The molecular weight excluding hydrogens is 312 g/mol. The molecule has 0 unspecified atom stereocenters. The molecule has 2 radical (unpaired) electrons. The summed E-state index contributed by atoms with van der Waals surface area (Å²) >= 11 is 0. The van der Waals surface area contributed by atoms with Crippen LogP contribution >= 0.6 is 0 Å². The van der Waals surface area contributed by atoms with E-state index >= 15 is 0 Å². The Hall–Kier alpha value is -1.95. The van der Waals surface area contributed by atoms with Gasteiger partial charge >= 0.3 is 5.97 Å². The lowest BCUT2D eigenvalue weighted by molar-refractivity contribution is -0.220. The Labute approximate surface area is 142 Å². The molecule has 0 atom stereocenters. The molecule has 0 heterocycles. The van der Waals surface area contributed by atoms with E-state index in [9.17, 15) is 4.79 Å². The first kappa shape index (κ1) is 18.4. The van der Waals surface area contributed by atoms with Crippen LogP contribution in [-0.4, -0.2) is 27.3 Å². The van der Waals surface area contributed by atoms with Crippen LogP contribution in [-0.2, 0) is 9.78 Å². The van der Waals surface area contributed by atoms with Crippen molar-refractivity contribution < 1.29 is 28.8 Å². The first-order chi connectivity index (χ1) is 11.6. The fourth-order valence-corrected chi connectivity index (χ4v) is 2.78. The van der Waals surface area contributed by atoms with E-state index in [-0.39, 0.29) is 17.2 Å². The van der Waals surface area contributed by atoms with Gasteiger partial charge in [0, 0.05) is 0 Å². The highest BCUT2D eigenvalue weighted by Crippen LogP contribution is 2.40. The Kier molecular flexibility index (Phi) is 6.73. The van der Waals surface area contributed by atoms with Crippen LogP contribution < -0.4 is 14.2 Å². The number of benzene rings is 1. The van der Waals surface area contributed by atoms with E-state index in [2.05, 4.69) is 6.92 Å². The minimum atomic E-state index is -0.658. The number of hydrogen-bond donors (Lipinski definition) is 0. The lowest BCUT2D eigenvalue weighted by Crippen LogP contribution is -2.15. The molecule has 6 nitrogen and oxygen atoms in total. The van der Waals surface area contributed by atoms with Crippen molar-refractivity contribution in [2.24, 2.45) is 11.8 Å². The summed E-state index contributed by atoms with van der Waals surface area (Å²) in [7, 11) is 4.42. The molecule has 0 aromatic heterocycles. The molecule has 1 aromatic rings. The van der Waals surface area contributed by atoms with Gasteiger partial charge < -0.3 is 14.2 Å². The third kappa shape index (κ3) is 4.32. The van der Waals surface area contributed by atoms with Crippen molar-refractivity contribution >= 4 is 5.97 Å². The standard InChI is InChI=1S/C18H24O6/c1-12-5-7-13(8-6-12)11-23-24-18(19)14-9-10-15(20-2)17(22-4)16(14)21-3/h9-13H,1,5-8H2,2-4H3. The molecule has 0 bridgehead atoms. The number of methoxy groups -OCH3 is 3. The van der Waals surface area contributed by atoms with Crippen molar-refractivity contribution in [3.05, 3.63) is 31.2 Å². The Morgan fingerprint density at radius 3 is 2.29 bits per heavy atom. The Morgan fingerprint density at radius 2 is 1.71 bits per heavy atom. The van der Waals surface area contributed by atoms with Gasteiger partial charge in [0.1, 0.15) is 12.2 Å². The van der Waals surface area contributed by atoms with Gasteiger partial charge in [0.15, 0.2) is 11.5 Å². The first-order valence-electron chi connectivity index (χ1n) is 7.93. The van der Waals surface area contributed by atoms with E-state index in [1.807, 2.05) is 0 Å². The van der Waals surface area contributed by atoms with Gasteiger partial charge in [-0.2, -0.15) is 4.89 Å². The Balaban J connectivity index is 1.97. The van der Waals surface area contributed by atoms with Crippen LogP contribution in [0.2, 0.25) is 0 Å². The number of carbonyl (C=O) groups is 1. The van der Waals surface area contributed by atoms with Crippen LogP contribution in [0.5, 0.6) is 17.2 Å². The molecule has 0 saturated heterocycles. The third-order valence-corrected chi connectivity index (χ3v) is 4.19. The average Bonchev–Trinajstić information content (AvgIpc) is 2.61. The maximum Gasteiger partial charge on any atom is 0.376 e. The molecule has 2 rings (SSSR count). The minimum absolute atomic E-state index is 0.199. The molecule has 24 heavy (non-hydrogen) atoms. The van der Waals surface area contributed by atoms with Crippen LogP contribution in [0.3, 0.4) is 0 Å². The lowest BCUT2D eigenvalue weighted by Gasteiger charge is -2.24. The first-order valence-corrected chi connectivity index (χ1v) is 7.93. The summed E-state index contributed by atoms with van der Waals surface area (Å²) in [6, 6.07) is 3.15. The predicted molar refractivity (Wildman–Crippen MR) is 87.7 cm³/mol. The van der Waals surface area contributed by atoms with Crippen LogP contribution in [0.15, 0.2) is 12.1 Å². The normalized spacial score (nSPS) is 20.3. The highest BCUT2D eigenvalue weighted by atomic mass is 17.2. The number of carbonyl (C=O) groups excluding carboxylic acids is 1. The van der Waals surface area contributed by atoms with Crippen molar-refractivity contribution in [1.82, 2.24) is 0 Å². The average molecular weight is 336 g/mol. The lowest BCUT2D eigenvalue weighted by atomic mass is 9.83. The fraction of sp³-hybridized carbons (Fsp3) is 0.500. The van der Waals surface area contributed by atoms with Crippen molar-refractivity contribution in [2.75, 3.05) is 21.3 Å². The Bertz CT molecular complexity index is 549. The highest BCUT2D eigenvalue weighted by Gasteiger charge is 2.24. The van der Waals surface area contributed by atoms with Crippen LogP contribution in [0.4, 0.5) is 0 Å². The van der Waals surface area contributed by atoms with Gasteiger partial charge in [-0.3, -0.25) is 4.89 Å². The van der Waals surface area contributed by atoms with E-state index in [1.165, 1.54) is 21.3 Å². The van der Waals surface area contributed by atoms with Gasteiger partial charge in [-0.1, -0.05) is 19.8 Å². The van der Waals surface area contributed by atoms with Gasteiger partial charge in [-0.25, -0.2) is 4.79 Å². The van der Waals surface area contributed by atoms with Crippen molar-refractivity contribution in [3.8, 4) is 17.2 Å². The molecule has 1 fully saturated rings. The second-order valence-electron chi connectivity index (χ2n) is 5.77. The summed E-state index contributed by atoms with van der Waals surface area (Å²) in [5.74, 6) is 1.16. The van der Waals surface area contributed by atoms with Gasteiger partial charge in [-0.05, 0) is 36.8 Å². The highest BCUT2D eigenvalue weighted by molar-refractivity contribution is 5.93. The Morgan fingerprint density at radius 1 is 1.04 bits per heavy atom. The second-order valence-corrected chi connectivity index (χ2v) is 5.77. The molecular formula is C18H24O6. The van der Waals surface area contributed by atoms with E-state index < -0.39 is 5.97 Å². The summed E-state index contributed by atoms with van der Waals surface area (Å²) in [5.41, 5.74) is 0.199. The molecule has 1 saturated carbocycles. The van der Waals surface area contributed by atoms with Crippen molar-refractivity contribution in [1.29, 1.82) is 0 Å². The monoisotopic (exact) mass is 336 g/mol. The van der Waals surface area contributed by atoms with E-state index in [0.717, 1.165) is 25.7 Å².